The summed E-state index contributed by atoms with van der Waals surface area (Å²) in [7, 11) is 0. The maximum absolute atomic E-state index is 5.62. The topological polar surface area (TPSA) is 50.9 Å². The number of nitrogens with two attached hydrogens (primary N) is 1. The fraction of sp³-hybridized carbons (Fsp3) is 0.182. The second-order valence-electron chi connectivity index (χ2n) is 3.48. The van der Waals surface area contributed by atoms with Gasteiger partial charge in [-0.2, -0.15) is 0 Å². The van der Waals surface area contributed by atoms with Crippen LogP contribution in [0.5, 0.6) is 0 Å². The average molecular weight is 298 g/mol. The Hall–Kier alpha value is -1.07. The Morgan fingerprint density at radius 3 is 3.00 bits per heavy atom. The van der Waals surface area contributed by atoms with Crippen LogP contribution >= 0.6 is 27.3 Å². The Kier molecular flexibility index (Phi) is 3.46. The van der Waals surface area contributed by atoms with Crippen molar-refractivity contribution < 1.29 is 0 Å². The lowest BCUT2D eigenvalue weighted by molar-refractivity contribution is 1.12. The molecule has 0 spiro atoms. The molecule has 16 heavy (non-hydrogen) atoms. The van der Waals surface area contributed by atoms with Crippen LogP contribution in [0.1, 0.15) is 10.4 Å². The SMILES string of the molecule is Cc1ccsc1CNc1ncc(N)cc1Br. The third-order valence-corrected chi connectivity index (χ3v) is 3.87. The van der Waals surface area contributed by atoms with E-state index in [0.717, 1.165) is 16.8 Å². The summed E-state index contributed by atoms with van der Waals surface area (Å²) in [5, 5.41) is 5.38. The molecule has 0 saturated carbocycles. The molecule has 0 atom stereocenters. The van der Waals surface area contributed by atoms with Crippen molar-refractivity contribution in [3.63, 3.8) is 0 Å². The van der Waals surface area contributed by atoms with E-state index in [-0.39, 0.29) is 0 Å². The molecule has 0 aromatic carbocycles. The van der Waals surface area contributed by atoms with E-state index in [1.807, 2.05) is 6.07 Å². The number of aryl methyl sites for hydroxylation is 1. The summed E-state index contributed by atoms with van der Waals surface area (Å²) in [6.45, 7) is 2.90. The molecule has 0 saturated heterocycles. The van der Waals surface area contributed by atoms with Gasteiger partial charge in [-0.05, 0) is 45.9 Å². The van der Waals surface area contributed by atoms with Crippen molar-refractivity contribution in [3.05, 3.63) is 38.6 Å². The lowest BCUT2D eigenvalue weighted by Gasteiger charge is -2.07. The van der Waals surface area contributed by atoms with Crippen molar-refractivity contribution in [2.24, 2.45) is 0 Å². The fourth-order valence-corrected chi connectivity index (χ4v) is 2.68. The van der Waals surface area contributed by atoms with Crippen molar-refractivity contribution in [3.8, 4) is 0 Å². The third kappa shape index (κ3) is 2.54. The van der Waals surface area contributed by atoms with E-state index in [1.165, 1.54) is 10.4 Å². The Balaban J connectivity index is 2.08. The van der Waals surface area contributed by atoms with Crippen molar-refractivity contribution in [2.75, 3.05) is 11.1 Å². The molecule has 0 amide bonds. The summed E-state index contributed by atoms with van der Waals surface area (Å²) in [6, 6.07) is 3.96. The van der Waals surface area contributed by atoms with Crippen molar-refractivity contribution in [1.29, 1.82) is 0 Å². The molecule has 0 unspecified atom stereocenters. The maximum Gasteiger partial charge on any atom is 0.140 e. The van der Waals surface area contributed by atoms with E-state index in [9.17, 15) is 0 Å². The molecule has 84 valence electrons. The Morgan fingerprint density at radius 2 is 2.38 bits per heavy atom. The average Bonchev–Trinajstić information content (AvgIpc) is 2.63. The van der Waals surface area contributed by atoms with Gasteiger partial charge in [0.05, 0.1) is 22.9 Å². The van der Waals surface area contributed by atoms with Crippen LogP contribution in [0.3, 0.4) is 0 Å². The molecule has 0 aliphatic heterocycles. The van der Waals surface area contributed by atoms with Gasteiger partial charge in [0.1, 0.15) is 5.82 Å². The molecule has 2 aromatic heterocycles. The van der Waals surface area contributed by atoms with Gasteiger partial charge in [0.25, 0.3) is 0 Å². The Labute approximate surface area is 107 Å². The zero-order valence-corrected chi connectivity index (χ0v) is 11.2. The van der Waals surface area contributed by atoms with Crippen LogP contribution in [-0.4, -0.2) is 4.98 Å². The molecular formula is C11H12BrN3S. The van der Waals surface area contributed by atoms with E-state index in [4.69, 9.17) is 5.73 Å². The highest BCUT2D eigenvalue weighted by atomic mass is 79.9. The summed E-state index contributed by atoms with van der Waals surface area (Å²) >= 11 is 5.18. The van der Waals surface area contributed by atoms with Gasteiger partial charge >= 0.3 is 0 Å². The molecule has 0 aliphatic rings. The highest BCUT2D eigenvalue weighted by Crippen LogP contribution is 2.23. The first-order valence-corrected chi connectivity index (χ1v) is 6.52. The minimum Gasteiger partial charge on any atom is -0.397 e. The molecule has 2 heterocycles. The quantitative estimate of drug-likeness (QED) is 0.913. The Morgan fingerprint density at radius 1 is 1.56 bits per heavy atom. The predicted molar refractivity (Wildman–Crippen MR) is 72.7 cm³/mol. The highest BCUT2D eigenvalue weighted by molar-refractivity contribution is 9.10. The number of halogens is 1. The van der Waals surface area contributed by atoms with Gasteiger partial charge in [0.15, 0.2) is 0 Å². The zero-order chi connectivity index (χ0) is 11.5. The van der Waals surface area contributed by atoms with Crippen LogP contribution in [0.4, 0.5) is 11.5 Å². The third-order valence-electron chi connectivity index (χ3n) is 2.25. The van der Waals surface area contributed by atoms with Crippen LogP contribution in [0, 0.1) is 6.92 Å². The molecule has 3 nitrogen and oxygen atoms in total. The number of pyridine rings is 1. The molecule has 0 fully saturated rings. The van der Waals surface area contributed by atoms with Crippen molar-refractivity contribution in [1.82, 2.24) is 4.98 Å². The van der Waals surface area contributed by atoms with Gasteiger partial charge in [-0.3, -0.25) is 0 Å². The molecule has 2 aromatic rings. The van der Waals surface area contributed by atoms with E-state index < -0.39 is 0 Å². The number of thiophene rings is 1. The predicted octanol–water partition coefficient (Wildman–Crippen LogP) is 3.41. The number of rotatable bonds is 3. The molecule has 0 bridgehead atoms. The number of nitrogens with zero attached hydrogens (tertiary/aromatic N) is 1. The van der Waals surface area contributed by atoms with E-state index >= 15 is 0 Å². The van der Waals surface area contributed by atoms with Crippen LogP contribution < -0.4 is 11.1 Å². The van der Waals surface area contributed by atoms with Gasteiger partial charge in [0.2, 0.25) is 0 Å². The van der Waals surface area contributed by atoms with E-state index in [1.54, 1.807) is 17.5 Å². The normalized spacial score (nSPS) is 10.4. The van der Waals surface area contributed by atoms with Crippen LogP contribution in [0.15, 0.2) is 28.2 Å². The second-order valence-corrected chi connectivity index (χ2v) is 5.33. The monoisotopic (exact) mass is 297 g/mol. The smallest absolute Gasteiger partial charge is 0.140 e. The standard InChI is InChI=1S/C11H12BrN3S/c1-7-2-3-16-10(7)6-15-11-9(12)4-8(13)5-14-11/h2-5H,6,13H2,1H3,(H,14,15). The van der Waals surface area contributed by atoms with Gasteiger partial charge in [-0.25, -0.2) is 4.98 Å². The second kappa shape index (κ2) is 4.84. The first-order chi connectivity index (χ1) is 7.66. The first kappa shape index (κ1) is 11.4. The number of nitrogen functional groups attached to an aromatic ring is 1. The summed E-state index contributed by atoms with van der Waals surface area (Å²) < 4.78 is 0.890. The highest BCUT2D eigenvalue weighted by Gasteiger charge is 2.03. The summed E-state index contributed by atoms with van der Waals surface area (Å²) in [6.07, 6.45) is 1.65. The fourth-order valence-electron chi connectivity index (χ4n) is 1.33. The number of hydrogen-bond acceptors (Lipinski definition) is 4. The van der Waals surface area contributed by atoms with Crippen LogP contribution in [0.2, 0.25) is 0 Å². The number of nitrogens with one attached hydrogen (secondary N) is 1. The summed E-state index contributed by atoms with van der Waals surface area (Å²) in [4.78, 5) is 5.55. The van der Waals surface area contributed by atoms with Gasteiger partial charge in [-0.15, -0.1) is 11.3 Å². The van der Waals surface area contributed by atoms with Gasteiger partial charge < -0.3 is 11.1 Å². The van der Waals surface area contributed by atoms with Crippen molar-refractivity contribution in [2.45, 2.75) is 13.5 Å². The first-order valence-electron chi connectivity index (χ1n) is 4.84. The molecule has 0 aliphatic carbocycles. The van der Waals surface area contributed by atoms with E-state index in [2.05, 4.69) is 44.6 Å². The molecule has 3 N–H and O–H groups in total. The number of aromatic nitrogens is 1. The zero-order valence-electron chi connectivity index (χ0n) is 8.83. The van der Waals surface area contributed by atoms with E-state index in [0.29, 0.717) is 5.69 Å². The summed E-state index contributed by atoms with van der Waals surface area (Å²) in [5.41, 5.74) is 7.59. The van der Waals surface area contributed by atoms with Gasteiger partial charge in [-0.1, -0.05) is 0 Å². The van der Waals surface area contributed by atoms with Crippen LogP contribution in [0.25, 0.3) is 0 Å². The lowest BCUT2D eigenvalue weighted by Crippen LogP contribution is -2.02. The molecule has 2 rings (SSSR count). The Bertz CT molecular complexity index is 496. The number of hydrogen-bond donors (Lipinski definition) is 2. The minimum atomic E-state index is 0.657. The van der Waals surface area contributed by atoms with Crippen LogP contribution in [-0.2, 0) is 6.54 Å². The lowest BCUT2D eigenvalue weighted by atomic mass is 10.3. The largest absolute Gasteiger partial charge is 0.397 e. The summed E-state index contributed by atoms with van der Waals surface area (Å²) in [5.74, 6) is 0.821. The minimum absolute atomic E-state index is 0.657. The van der Waals surface area contributed by atoms with Gasteiger partial charge in [0, 0.05) is 4.88 Å². The van der Waals surface area contributed by atoms with Crippen molar-refractivity contribution >= 4 is 38.8 Å². The maximum atomic E-state index is 5.62. The molecule has 5 heteroatoms. The molecular weight excluding hydrogens is 286 g/mol. The molecule has 0 radical (unpaired) electrons. The number of anilines is 2.